The molecule has 0 unspecified atom stereocenters. The Kier molecular flexibility index (Phi) is 9.05. The number of benzene rings is 2. The van der Waals surface area contributed by atoms with Crippen LogP contribution >= 0.6 is 35.6 Å². The molecule has 144 valence electrons. The predicted octanol–water partition coefficient (Wildman–Crippen LogP) is 6.28. The molecule has 0 radical (unpaired) electrons. The van der Waals surface area contributed by atoms with Crippen LogP contribution in [0.1, 0.15) is 38.3 Å². The van der Waals surface area contributed by atoms with Gasteiger partial charge in [0.2, 0.25) is 0 Å². The lowest BCUT2D eigenvalue weighted by Crippen LogP contribution is -2.37. The number of hydrogen-bond acceptors (Lipinski definition) is 3. The minimum atomic E-state index is 0. The number of ether oxygens (including phenoxy) is 2. The van der Waals surface area contributed by atoms with E-state index in [2.05, 4.69) is 26.1 Å². The van der Waals surface area contributed by atoms with Gasteiger partial charge in [-0.1, -0.05) is 42.3 Å². The second kappa shape index (κ2) is 10.3. The number of halogens is 3. The van der Waals surface area contributed by atoms with Gasteiger partial charge in [-0.2, -0.15) is 0 Å². The van der Waals surface area contributed by atoms with Gasteiger partial charge in [-0.05, 0) is 55.7 Å². The molecule has 0 amide bonds. The molecule has 3 nitrogen and oxygen atoms in total. The third kappa shape index (κ3) is 6.55. The van der Waals surface area contributed by atoms with E-state index >= 15 is 0 Å². The van der Waals surface area contributed by atoms with Crippen molar-refractivity contribution in [1.29, 1.82) is 0 Å². The second-order valence-electron chi connectivity index (χ2n) is 6.62. The monoisotopic (exact) mass is 417 g/mol. The van der Waals surface area contributed by atoms with E-state index in [1.807, 2.05) is 36.4 Å². The molecular weight excluding hydrogens is 393 g/mol. The maximum Gasteiger partial charge on any atom is 0.180 e. The summed E-state index contributed by atoms with van der Waals surface area (Å²) in [5.74, 6) is 1.19. The molecule has 2 rings (SSSR count). The van der Waals surface area contributed by atoms with Crippen LogP contribution in [0.2, 0.25) is 10.0 Å². The van der Waals surface area contributed by atoms with Crippen molar-refractivity contribution in [3.63, 3.8) is 0 Å². The van der Waals surface area contributed by atoms with Crippen LogP contribution in [-0.2, 0) is 13.2 Å². The average molecular weight is 419 g/mol. The van der Waals surface area contributed by atoms with Crippen LogP contribution in [-0.4, -0.2) is 12.6 Å². The molecule has 1 N–H and O–H groups in total. The fourth-order valence-electron chi connectivity index (χ4n) is 2.22. The quantitative estimate of drug-likeness (QED) is 0.547. The highest BCUT2D eigenvalue weighted by molar-refractivity contribution is 6.32. The first kappa shape index (κ1) is 22.9. The molecule has 0 fully saturated rings. The molecule has 0 saturated carbocycles. The van der Waals surface area contributed by atoms with E-state index in [4.69, 9.17) is 32.7 Å². The Labute approximate surface area is 172 Å². The topological polar surface area (TPSA) is 30.5 Å². The Morgan fingerprint density at radius 1 is 1.04 bits per heavy atom. The Morgan fingerprint density at radius 2 is 1.69 bits per heavy atom. The fraction of sp³-hybridized carbons (Fsp3) is 0.400. The van der Waals surface area contributed by atoms with Crippen molar-refractivity contribution < 1.29 is 9.47 Å². The van der Waals surface area contributed by atoms with Crippen molar-refractivity contribution >= 4 is 35.6 Å². The molecule has 0 atom stereocenters. The SMILES string of the molecule is CCC(C)(C)NCc1cc(Cl)c(OCc2ccc(Cl)cc2)c(OC)c1.Cl. The van der Waals surface area contributed by atoms with Gasteiger partial charge in [0.25, 0.3) is 0 Å². The smallest absolute Gasteiger partial charge is 0.180 e. The second-order valence-corrected chi connectivity index (χ2v) is 7.46. The summed E-state index contributed by atoms with van der Waals surface area (Å²) in [4.78, 5) is 0. The van der Waals surface area contributed by atoms with Crippen molar-refractivity contribution in [2.24, 2.45) is 0 Å². The van der Waals surface area contributed by atoms with Crippen LogP contribution < -0.4 is 14.8 Å². The van der Waals surface area contributed by atoms with Crippen LogP contribution in [0.4, 0.5) is 0 Å². The summed E-state index contributed by atoms with van der Waals surface area (Å²) < 4.78 is 11.4. The van der Waals surface area contributed by atoms with Gasteiger partial charge < -0.3 is 14.8 Å². The normalized spacial score (nSPS) is 11.0. The third-order valence-electron chi connectivity index (χ3n) is 4.24. The van der Waals surface area contributed by atoms with E-state index in [1.165, 1.54) is 0 Å². The third-order valence-corrected chi connectivity index (χ3v) is 4.77. The summed E-state index contributed by atoms with van der Waals surface area (Å²) in [6.07, 6.45) is 1.04. The Balaban J connectivity index is 0.00000338. The molecule has 0 spiro atoms. The number of hydrogen-bond donors (Lipinski definition) is 1. The lowest BCUT2D eigenvalue weighted by molar-refractivity contribution is 0.284. The van der Waals surface area contributed by atoms with Gasteiger partial charge in [0.05, 0.1) is 12.1 Å². The molecule has 2 aromatic carbocycles. The summed E-state index contributed by atoms with van der Waals surface area (Å²) in [5, 5.41) is 4.76. The molecule has 26 heavy (non-hydrogen) atoms. The van der Waals surface area contributed by atoms with E-state index in [0.717, 1.165) is 17.5 Å². The van der Waals surface area contributed by atoms with Gasteiger partial charge in [-0.25, -0.2) is 0 Å². The lowest BCUT2D eigenvalue weighted by atomic mass is 10.0. The fourth-order valence-corrected chi connectivity index (χ4v) is 2.63. The van der Waals surface area contributed by atoms with Gasteiger partial charge >= 0.3 is 0 Å². The maximum absolute atomic E-state index is 6.43. The summed E-state index contributed by atoms with van der Waals surface area (Å²) >= 11 is 12.3. The Morgan fingerprint density at radius 3 is 2.27 bits per heavy atom. The summed E-state index contributed by atoms with van der Waals surface area (Å²) in [6, 6.07) is 11.4. The minimum Gasteiger partial charge on any atom is -0.493 e. The average Bonchev–Trinajstić information content (AvgIpc) is 2.60. The Hall–Kier alpha value is -1.13. The molecular formula is C20H26Cl3NO2. The summed E-state index contributed by atoms with van der Waals surface area (Å²) in [6.45, 7) is 7.63. The molecule has 0 aliphatic rings. The van der Waals surface area contributed by atoms with Crippen molar-refractivity contribution in [1.82, 2.24) is 5.32 Å². The highest BCUT2D eigenvalue weighted by atomic mass is 35.5. The Bertz CT molecular complexity index is 703. The van der Waals surface area contributed by atoms with Gasteiger partial charge in [0, 0.05) is 17.1 Å². The zero-order valence-corrected chi connectivity index (χ0v) is 17.9. The van der Waals surface area contributed by atoms with Crippen molar-refractivity contribution in [3.8, 4) is 11.5 Å². The van der Waals surface area contributed by atoms with E-state index in [9.17, 15) is 0 Å². The first-order valence-corrected chi connectivity index (χ1v) is 9.09. The van der Waals surface area contributed by atoms with E-state index in [-0.39, 0.29) is 17.9 Å². The van der Waals surface area contributed by atoms with Crippen molar-refractivity contribution in [2.75, 3.05) is 7.11 Å². The maximum atomic E-state index is 6.43. The zero-order valence-electron chi connectivity index (χ0n) is 15.6. The van der Waals surface area contributed by atoms with Crippen molar-refractivity contribution in [3.05, 3.63) is 57.6 Å². The molecule has 0 aromatic heterocycles. The summed E-state index contributed by atoms with van der Waals surface area (Å²) in [5.41, 5.74) is 2.14. The van der Waals surface area contributed by atoms with Crippen LogP contribution in [0.15, 0.2) is 36.4 Å². The number of methoxy groups -OCH3 is 1. The van der Waals surface area contributed by atoms with Crippen LogP contribution in [0.5, 0.6) is 11.5 Å². The molecule has 0 heterocycles. The molecule has 6 heteroatoms. The summed E-state index contributed by atoms with van der Waals surface area (Å²) in [7, 11) is 1.62. The van der Waals surface area contributed by atoms with Crippen LogP contribution in [0.25, 0.3) is 0 Å². The minimum absolute atomic E-state index is 0. The highest BCUT2D eigenvalue weighted by Gasteiger charge is 2.16. The predicted molar refractivity (Wildman–Crippen MR) is 112 cm³/mol. The highest BCUT2D eigenvalue weighted by Crippen LogP contribution is 2.37. The zero-order chi connectivity index (χ0) is 18.4. The van der Waals surface area contributed by atoms with Crippen LogP contribution in [0, 0.1) is 0 Å². The van der Waals surface area contributed by atoms with Crippen molar-refractivity contribution in [2.45, 2.75) is 45.9 Å². The molecule has 2 aromatic rings. The van der Waals surface area contributed by atoms with E-state index in [0.29, 0.717) is 34.7 Å². The molecule has 0 aliphatic carbocycles. The van der Waals surface area contributed by atoms with Crippen LogP contribution in [0.3, 0.4) is 0 Å². The van der Waals surface area contributed by atoms with Gasteiger partial charge in [-0.15, -0.1) is 12.4 Å². The lowest BCUT2D eigenvalue weighted by Gasteiger charge is -2.25. The number of nitrogens with one attached hydrogen (secondary N) is 1. The van der Waals surface area contributed by atoms with Gasteiger partial charge in [0.1, 0.15) is 6.61 Å². The first-order valence-electron chi connectivity index (χ1n) is 8.33. The molecule has 0 bridgehead atoms. The largest absolute Gasteiger partial charge is 0.493 e. The van der Waals surface area contributed by atoms with Gasteiger partial charge in [-0.3, -0.25) is 0 Å². The first-order chi connectivity index (χ1) is 11.8. The number of rotatable bonds is 8. The standard InChI is InChI=1S/C20H25Cl2NO2.ClH/c1-5-20(2,3)23-12-15-10-17(22)19(18(11-15)24-4)25-13-14-6-8-16(21)9-7-14;/h6-11,23H,5,12-13H2,1-4H3;1H. The molecule has 0 saturated heterocycles. The van der Waals surface area contributed by atoms with Gasteiger partial charge in [0.15, 0.2) is 11.5 Å². The van der Waals surface area contributed by atoms with E-state index in [1.54, 1.807) is 7.11 Å². The van der Waals surface area contributed by atoms with E-state index < -0.39 is 0 Å². The molecule has 0 aliphatic heterocycles.